The van der Waals surface area contributed by atoms with Crippen molar-refractivity contribution in [2.75, 3.05) is 0 Å². The zero-order chi connectivity index (χ0) is 20.6. The number of carbonyl (C=O) groups excluding carboxylic acids is 4. The summed E-state index contributed by atoms with van der Waals surface area (Å²) in [6, 6.07) is -3.37. The maximum absolute atomic E-state index is 9.46. The Morgan fingerprint density at radius 3 is 0.560 bits per heavy atom. The average Bonchev–Trinajstić information content (AvgIpc) is 2.40. The van der Waals surface area contributed by atoms with Crippen LogP contribution in [0, 0.1) is 0 Å². The molecule has 0 aromatic heterocycles. The standard InChI is InChI=1S/4C3H7NO2.Zr/c4*1-2(4)3(5)6;/h4*2H,4H2,1H3,(H,5,6);/q;;;;+4/p-4. The molecule has 25 heavy (non-hydrogen) atoms. The van der Waals surface area contributed by atoms with E-state index in [4.69, 9.17) is 22.9 Å². The SMILES string of the molecule is CC(N)C(=O)[O-].CC(N)C(=O)[O-].CC(N)C(=O)[O-].CC(N)C(=O)[O-].[Zr+4]. The molecule has 0 saturated heterocycles. The molecule has 0 aliphatic rings. The first-order chi connectivity index (χ1) is 10.6. The van der Waals surface area contributed by atoms with Crippen molar-refractivity contribution in [1.82, 2.24) is 0 Å². The summed E-state index contributed by atoms with van der Waals surface area (Å²) in [5.74, 6) is -4.85. The van der Waals surface area contributed by atoms with Gasteiger partial charge in [-0.25, -0.2) is 0 Å². The largest absolute Gasteiger partial charge is 4.00 e. The second kappa shape index (κ2) is 20.6. The van der Waals surface area contributed by atoms with Crippen LogP contribution in [0.4, 0.5) is 0 Å². The first-order valence-electron chi connectivity index (χ1n) is 6.43. The minimum atomic E-state index is -1.21. The van der Waals surface area contributed by atoms with Crippen LogP contribution in [0.5, 0.6) is 0 Å². The number of rotatable bonds is 4. The Hall–Kier alpha value is -1.40. The molecule has 13 heteroatoms. The minimum absolute atomic E-state index is 0. The summed E-state index contributed by atoms with van der Waals surface area (Å²) in [5, 5.41) is 37.9. The number of hydrogen-bond acceptors (Lipinski definition) is 12. The van der Waals surface area contributed by atoms with Crippen LogP contribution in [0.25, 0.3) is 0 Å². The first kappa shape index (κ1) is 34.8. The van der Waals surface area contributed by atoms with Crippen LogP contribution in [-0.4, -0.2) is 48.0 Å². The van der Waals surface area contributed by atoms with Gasteiger partial charge in [0.2, 0.25) is 0 Å². The van der Waals surface area contributed by atoms with E-state index >= 15 is 0 Å². The van der Waals surface area contributed by atoms with Crippen molar-refractivity contribution in [1.29, 1.82) is 0 Å². The minimum Gasteiger partial charge on any atom is -0.548 e. The summed E-state index contributed by atoms with van der Waals surface area (Å²) in [6.45, 7) is 5.43. The van der Waals surface area contributed by atoms with Crippen molar-refractivity contribution in [3.05, 3.63) is 0 Å². The predicted molar refractivity (Wildman–Crippen MR) is 74.6 cm³/mol. The van der Waals surface area contributed by atoms with Gasteiger partial charge in [0.05, 0.1) is 23.9 Å². The second-order valence-corrected chi connectivity index (χ2v) is 4.43. The summed E-state index contributed by atoms with van der Waals surface area (Å²) in [6.07, 6.45) is 0. The van der Waals surface area contributed by atoms with Crippen molar-refractivity contribution < 1.29 is 65.8 Å². The maximum atomic E-state index is 9.46. The number of carboxylic acid groups (broad SMARTS) is 4. The van der Waals surface area contributed by atoms with E-state index in [1.807, 2.05) is 0 Å². The van der Waals surface area contributed by atoms with Crippen LogP contribution >= 0.6 is 0 Å². The van der Waals surface area contributed by atoms with Crippen LogP contribution in [0.2, 0.25) is 0 Å². The Balaban J connectivity index is -0.0000000702. The number of hydrogen-bond donors (Lipinski definition) is 4. The van der Waals surface area contributed by atoms with Crippen LogP contribution in [0.15, 0.2) is 0 Å². The molecule has 4 atom stereocenters. The molecule has 0 fully saturated rings. The van der Waals surface area contributed by atoms with Gasteiger partial charge in [0, 0.05) is 24.2 Å². The third-order valence-electron chi connectivity index (χ3n) is 1.49. The Labute approximate surface area is 164 Å². The molecular weight excluding hydrogens is 419 g/mol. The fourth-order valence-electron chi connectivity index (χ4n) is 0. The number of aliphatic carboxylic acids is 4. The maximum Gasteiger partial charge on any atom is 4.00 e. The number of carboxylic acids is 4. The van der Waals surface area contributed by atoms with E-state index in [0.717, 1.165) is 0 Å². The molecule has 0 rings (SSSR count). The van der Waals surface area contributed by atoms with E-state index in [-0.39, 0.29) is 26.2 Å². The summed E-state index contributed by atoms with van der Waals surface area (Å²) in [4.78, 5) is 37.9. The van der Waals surface area contributed by atoms with Gasteiger partial charge in [-0.15, -0.1) is 0 Å². The number of nitrogens with two attached hydrogens (primary N) is 4. The van der Waals surface area contributed by atoms with E-state index in [1.165, 1.54) is 27.7 Å². The second-order valence-electron chi connectivity index (χ2n) is 4.43. The van der Waals surface area contributed by atoms with Crippen molar-refractivity contribution in [3.63, 3.8) is 0 Å². The van der Waals surface area contributed by atoms with Gasteiger partial charge in [-0.2, -0.15) is 0 Å². The fraction of sp³-hybridized carbons (Fsp3) is 0.667. The van der Waals surface area contributed by atoms with E-state index in [2.05, 4.69) is 0 Å². The van der Waals surface area contributed by atoms with Gasteiger partial charge < -0.3 is 62.5 Å². The molecule has 0 aromatic rings. The van der Waals surface area contributed by atoms with Crippen LogP contribution in [0.3, 0.4) is 0 Å². The summed E-state index contributed by atoms with van der Waals surface area (Å²) in [5.41, 5.74) is 19.1. The van der Waals surface area contributed by atoms with Crippen molar-refractivity contribution >= 4 is 23.9 Å². The predicted octanol–water partition coefficient (Wildman–Crippen LogP) is -7.67. The van der Waals surface area contributed by atoms with Gasteiger partial charge in [-0.05, 0) is 27.7 Å². The first-order valence-corrected chi connectivity index (χ1v) is 6.43. The van der Waals surface area contributed by atoms with Crippen molar-refractivity contribution in [3.8, 4) is 0 Å². The molecule has 0 aromatic carbocycles. The normalized spacial score (nSPS) is 13.1. The van der Waals surface area contributed by atoms with E-state index < -0.39 is 48.0 Å². The molecule has 12 nitrogen and oxygen atoms in total. The Kier molecular flexibility index (Phi) is 28.8. The third-order valence-corrected chi connectivity index (χ3v) is 1.49. The molecule has 0 saturated carbocycles. The monoisotopic (exact) mass is 442 g/mol. The van der Waals surface area contributed by atoms with E-state index in [1.54, 1.807) is 0 Å². The molecule has 144 valence electrons. The Morgan fingerprint density at radius 1 is 0.520 bits per heavy atom. The fourth-order valence-corrected chi connectivity index (χ4v) is 0. The molecule has 0 spiro atoms. The zero-order valence-electron chi connectivity index (χ0n) is 14.4. The molecule has 4 unspecified atom stereocenters. The van der Waals surface area contributed by atoms with Gasteiger partial charge in [0.15, 0.2) is 0 Å². The molecule has 0 amide bonds. The molecule has 0 bridgehead atoms. The van der Waals surface area contributed by atoms with Crippen molar-refractivity contribution in [2.45, 2.75) is 51.9 Å². The Morgan fingerprint density at radius 2 is 0.560 bits per heavy atom. The van der Waals surface area contributed by atoms with Crippen molar-refractivity contribution in [2.24, 2.45) is 22.9 Å². The summed E-state index contributed by atoms with van der Waals surface area (Å²) >= 11 is 0. The summed E-state index contributed by atoms with van der Waals surface area (Å²) < 4.78 is 0. The Bertz CT molecular complexity index is 317. The van der Waals surface area contributed by atoms with Gasteiger partial charge >= 0.3 is 26.2 Å². The van der Waals surface area contributed by atoms with E-state index in [9.17, 15) is 39.6 Å². The molecule has 0 aliphatic heterocycles. The van der Waals surface area contributed by atoms with Crippen LogP contribution < -0.4 is 43.4 Å². The van der Waals surface area contributed by atoms with Crippen LogP contribution in [0.1, 0.15) is 27.7 Å². The number of carbonyl (C=O) groups is 4. The van der Waals surface area contributed by atoms with Gasteiger partial charge in [-0.3, -0.25) is 0 Å². The van der Waals surface area contributed by atoms with Crippen LogP contribution in [-0.2, 0) is 45.4 Å². The topological polar surface area (TPSA) is 265 Å². The van der Waals surface area contributed by atoms with E-state index in [0.29, 0.717) is 0 Å². The smallest absolute Gasteiger partial charge is 0.548 e. The quantitative estimate of drug-likeness (QED) is 0.315. The van der Waals surface area contributed by atoms with Gasteiger partial charge in [-0.1, -0.05) is 0 Å². The molecule has 0 radical (unpaired) electrons. The molecule has 0 heterocycles. The summed E-state index contributed by atoms with van der Waals surface area (Å²) in [7, 11) is 0. The third kappa shape index (κ3) is 45.0. The average molecular weight is 444 g/mol. The van der Waals surface area contributed by atoms with Gasteiger partial charge in [0.25, 0.3) is 0 Å². The molecule has 8 N–H and O–H groups in total. The molecular formula is C12H24N4O8Zr. The zero-order valence-corrected chi connectivity index (χ0v) is 16.8. The molecule has 0 aliphatic carbocycles. The van der Waals surface area contributed by atoms with Gasteiger partial charge in [0.1, 0.15) is 0 Å².